The topological polar surface area (TPSA) is 90.2 Å². The van der Waals surface area contributed by atoms with E-state index >= 15 is 0 Å². The second-order valence-corrected chi connectivity index (χ2v) is 21.7. The highest BCUT2D eigenvalue weighted by Crippen LogP contribution is 2.46. The molecule has 3 atom stereocenters. The quantitative estimate of drug-likeness (QED) is 0.0591. The number of hydrogen-bond acceptors (Lipinski definition) is 8. The molecule has 9 nitrogen and oxygen atoms in total. The maximum absolute atomic E-state index is 14.3. The van der Waals surface area contributed by atoms with Gasteiger partial charge in [-0.3, -0.25) is 13.9 Å². The minimum absolute atomic E-state index is 0.0390. The van der Waals surface area contributed by atoms with Gasteiger partial charge in [-0.05, 0) is 78.1 Å². The number of ether oxygens (including phenoxy) is 4. The summed E-state index contributed by atoms with van der Waals surface area (Å²) in [5, 5.41) is -0.0390. The summed E-state index contributed by atoms with van der Waals surface area (Å²) in [7, 11) is 1.07. The van der Waals surface area contributed by atoms with Gasteiger partial charge in [0.1, 0.15) is 29.4 Å². The number of aromatic nitrogens is 2. The van der Waals surface area contributed by atoms with E-state index in [1.807, 2.05) is 97.1 Å². The highest BCUT2D eigenvalue weighted by atomic mass is 32.2. The SMILES string of the molecule is COc1ccc(C(O[C@H]2C[C@H](n3cc(C)c(=O)n(CCSc4ccccc4)c3=O)O[C@@H]2CO[Si](C)(C)C(C)(C)C)(c2ccccc2)c2ccc(OC)cc2)cc1. The molecule has 1 fully saturated rings. The van der Waals surface area contributed by atoms with E-state index in [2.05, 4.69) is 46.0 Å². The normalized spacial score (nSPS) is 17.5. The van der Waals surface area contributed by atoms with Crippen molar-refractivity contribution in [3.8, 4) is 11.5 Å². The summed E-state index contributed by atoms with van der Waals surface area (Å²) >= 11 is 1.61. The fraction of sp³-hybridized carbons (Fsp3) is 0.378. The number of benzene rings is 4. The number of thioether (sulfide) groups is 1. The summed E-state index contributed by atoms with van der Waals surface area (Å²) in [5.41, 5.74) is 1.33. The number of rotatable bonds is 15. The summed E-state index contributed by atoms with van der Waals surface area (Å²) in [6.45, 7) is 13.3. The molecule has 11 heteroatoms. The van der Waals surface area contributed by atoms with Crippen LogP contribution in [0.3, 0.4) is 0 Å². The van der Waals surface area contributed by atoms with E-state index in [4.69, 9.17) is 23.4 Å². The lowest BCUT2D eigenvalue weighted by Crippen LogP contribution is -2.46. The molecule has 0 unspecified atom stereocenters. The van der Waals surface area contributed by atoms with Gasteiger partial charge in [0.25, 0.3) is 5.56 Å². The minimum atomic E-state index is -2.23. The Labute approximate surface area is 335 Å². The van der Waals surface area contributed by atoms with Crippen LogP contribution in [0.1, 0.15) is 55.7 Å². The van der Waals surface area contributed by atoms with Crippen molar-refractivity contribution in [3.05, 3.63) is 158 Å². The third kappa shape index (κ3) is 8.77. The smallest absolute Gasteiger partial charge is 0.333 e. The molecule has 0 radical (unpaired) electrons. The zero-order valence-electron chi connectivity index (χ0n) is 33.7. The molecule has 1 aromatic heterocycles. The van der Waals surface area contributed by atoms with Crippen LogP contribution in [0.25, 0.3) is 0 Å². The van der Waals surface area contributed by atoms with Crippen LogP contribution in [0.15, 0.2) is 130 Å². The molecule has 2 heterocycles. The van der Waals surface area contributed by atoms with Crippen molar-refractivity contribution in [2.24, 2.45) is 0 Å². The van der Waals surface area contributed by atoms with Crippen LogP contribution in [-0.2, 0) is 26.0 Å². The molecular formula is C45H54N2O7SSi. The Balaban J connectivity index is 1.44. The Morgan fingerprint density at radius 1 is 0.786 bits per heavy atom. The van der Waals surface area contributed by atoms with Crippen LogP contribution in [0, 0.1) is 6.92 Å². The van der Waals surface area contributed by atoms with Crippen molar-refractivity contribution in [2.45, 2.75) is 87.7 Å². The first-order valence-corrected chi connectivity index (χ1v) is 23.0. The van der Waals surface area contributed by atoms with Gasteiger partial charge in [-0.25, -0.2) is 4.79 Å². The fourth-order valence-corrected chi connectivity index (χ4v) is 8.71. The van der Waals surface area contributed by atoms with Crippen LogP contribution in [-0.4, -0.2) is 56.2 Å². The van der Waals surface area contributed by atoms with E-state index < -0.39 is 38.0 Å². The first-order chi connectivity index (χ1) is 26.8. The van der Waals surface area contributed by atoms with Crippen molar-refractivity contribution in [3.63, 3.8) is 0 Å². The molecule has 0 aliphatic carbocycles. The van der Waals surface area contributed by atoms with Gasteiger partial charge in [0.05, 0.1) is 26.9 Å². The van der Waals surface area contributed by atoms with Crippen LogP contribution in [0.5, 0.6) is 11.5 Å². The molecular weight excluding hydrogens is 741 g/mol. The number of aryl methyl sites for hydroxylation is 1. The van der Waals surface area contributed by atoms with Crippen LogP contribution >= 0.6 is 11.8 Å². The highest BCUT2D eigenvalue weighted by Gasteiger charge is 2.48. The lowest BCUT2D eigenvalue weighted by Gasteiger charge is -2.40. The minimum Gasteiger partial charge on any atom is -0.497 e. The van der Waals surface area contributed by atoms with Gasteiger partial charge in [0.15, 0.2) is 8.32 Å². The average Bonchev–Trinajstić information content (AvgIpc) is 3.61. The van der Waals surface area contributed by atoms with E-state index in [0.29, 0.717) is 17.7 Å². The molecule has 4 aromatic carbocycles. The van der Waals surface area contributed by atoms with Gasteiger partial charge < -0.3 is 23.4 Å². The van der Waals surface area contributed by atoms with Crippen molar-refractivity contribution in [1.82, 2.24) is 9.13 Å². The van der Waals surface area contributed by atoms with Crippen LogP contribution in [0.2, 0.25) is 18.1 Å². The largest absolute Gasteiger partial charge is 0.497 e. The number of methoxy groups -OCH3 is 2. The molecule has 1 saturated heterocycles. The molecule has 0 amide bonds. The molecule has 0 saturated carbocycles. The van der Waals surface area contributed by atoms with Gasteiger partial charge in [-0.15, -0.1) is 11.8 Å². The molecule has 1 aliphatic heterocycles. The maximum Gasteiger partial charge on any atom is 0.333 e. The second-order valence-electron chi connectivity index (χ2n) is 15.7. The van der Waals surface area contributed by atoms with Crippen molar-refractivity contribution in [1.29, 1.82) is 0 Å². The molecule has 296 valence electrons. The van der Waals surface area contributed by atoms with Gasteiger partial charge >= 0.3 is 5.69 Å². The second kappa shape index (κ2) is 17.4. The summed E-state index contributed by atoms with van der Waals surface area (Å²) in [5.74, 6) is 2.01. The Morgan fingerprint density at radius 3 is 1.86 bits per heavy atom. The van der Waals surface area contributed by atoms with E-state index in [1.54, 1.807) is 43.7 Å². The Kier molecular flexibility index (Phi) is 12.8. The van der Waals surface area contributed by atoms with E-state index in [-0.39, 0.29) is 23.7 Å². The zero-order valence-corrected chi connectivity index (χ0v) is 35.5. The van der Waals surface area contributed by atoms with Crippen molar-refractivity contribution < 1.29 is 23.4 Å². The average molecular weight is 795 g/mol. The van der Waals surface area contributed by atoms with Gasteiger partial charge in [-0.2, -0.15) is 0 Å². The van der Waals surface area contributed by atoms with E-state index in [9.17, 15) is 9.59 Å². The summed E-state index contributed by atoms with van der Waals surface area (Å²) < 4.78 is 35.3. The van der Waals surface area contributed by atoms with Crippen LogP contribution in [0.4, 0.5) is 0 Å². The molecule has 6 rings (SSSR count). The molecule has 5 aromatic rings. The standard InChI is InChI=1S/C45H54N2O7SSi/c1-32-30-47(43(49)46(42(32)48)27-28-55-38-17-13-10-14-18-38)41-29-39(40(53-41)31-52-56(7,8)44(2,3)4)54-45(33-15-11-9-12-16-33,34-19-23-36(50-5)24-20-34)35-21-25-37(51-6)26-22-35/h9-26,30,39-41H,27-29,31H2,1-8H3/t39-,40+,41+/m0/s1. The Hall–Kier alpha value is -4.39. The molecule has 0 bridgehead atoms. The number of hydrogen-bond donors (Lipinski definition) is 0. The third-order valence-electron chi connectivity index (χ3n) is 11.1. The van der Waals surface area contributed by atoms with Crippen molar-refractivity contribution in [2.75, 3.05) is 26.6 Å². The lowest BCUT2D eigenvalue weighted by atomic mass is 9.79. The Bertz CT molecular complexity index is 2120. The van der Waals surface area contributed by atoms with Gasteiger partial charge in [-0.1, -0.05) is 93.6 Å². The monoisotopic (exact) mass is 794 g/mol. The first kappa shape index (κ1) is 41.2. The lowest BCUT2D eigenvalue weighted by molar-refractivity contribution is -0.0978. The Morgan fingerprint density at radius 2 is 1.32 bits per heavy atom. The predicted molar refractivity (Wildman–Crippen MR) is 226 cm³/mol. The molecule has 0 spiro atoms. The van der Waals surface area contributed by atoms with Gasteiger partial charge in [0.2, 0.25) is 0 Å². The number of nitrogens with zero attached hydrogens (tertiary/aromatic N) is 2. The van der Waals surface area contributed by atoms with E-state index in [0.717, 1.165) is 33.1 Å². The van der Waals surface area contributed by atoms with Crippen molar-refractivity contribution >= 4 is 20.1 Å². The summed E-state index contributed by atoms with van der Waals surface area (Å²) in [4.78, 5) is 28.8. The fourth-order valence-electron chi connectivity index (χ4n) is 6.84. The maximum atomic E-state index is 14.3. The summed E-state index contributed by atoms with van der Waals surface area (Å²) in [6.07, 6.45) is 0.156. The molecule has 56 heavy (non-hydrogen) atoms. The highest BCUT2D eigenvalue weighted by molar-refractivity contribution is 7.99. The third-order valence-corrected chi connectivity index (χ3v) is 16.6. The first-order valence-electron chi connectivity index (χ1n) is 19.1. The van der Waals surface area contributed by atoms with Crippen LogP contribution < -0.4 is 20.7 Å². The van der Waals surface area contributed by atoms with Gasteiger partial charge in [0, 0.05) is 35.4 Å². The summed E-state index contributed by atoms with van der Waals surface area (Å²) in [6, 6.07) is 36.0. The molecule has 0 N–H and O–H groups in total. The molecule has 1 aliphatic rings. The predicted octanol–water partition coefficient (Wildman–Crippen LogP) is 8.81. The zero-order chi connectivity index (χ0) is 40.1. The van der Waals surface area contributed by atoms with E-state index in [1.165, 1.54) is 4.57 Å².